The number of aryl methyl sites for hydroxylation is 1. The van der Waals surface area contributed by atoms with Gasteiger partial charge in [-0.05, 0) is 42.3 Å². The summed E-state index contributed by atoms with van der Waals surface area (Å²) in [5.41, 5.74) is 4.60. The molecule has 1 N–H and O–H groups in total. The van der Waals surface area contributed by atoms with Crippen molar-refractivity contribution >= 4 is 17.1 Å². The summed E-state index contributed by atoms with van der Waals surface area (Å²) in [5.74, 6) is -0.0618. The maximum atomic E-state index is 13.1. The van der Waals surface area contributed by atoms with Gasteiger partial charge in [-0.2, -0.15) is 0 Å². The molecule has 1 fully saturated rings. The lowest BCUT2D eigenvalue weighted by Crippen LogP contribution is -2.49. The Balaban J connectivity index is 1.54. The first-order chi connectivity index (χ1) is 14.5. The van der Waals surface area contributed by atoms with Crippen molar-refractivity contribution in [2.75, 3.05) is 26.3 Å². The summed E-state index contributed by atoms with van der Waals surface area (Å²) in [6.45, 7) is 4.08. The molecule has 1 aromatic heterocycles. The molecule has 2 aromatic carbocycles. The van der Waals surface area contributed by atoms with Crippen LogP contribution in [0.3, 0.4) is 0 Å². The van der Waals surface area contributed by atoms with Crippen LogP contribution in [0.2, 0.25) is 0 Å². The fraction of sp³-hybridized carbons (Fsp3) is 0.273. The predicted molar refractivity (Wildman–Crippen MR) is 108 cm³/mol. The van der Waals surface area contributed by atoms with E-state index in [2.05, 4.69) is 5.43 Å². The van der Waals surface area contributed by atoms with Crippen LogP contribution in [0.25, 0.3) is 11.0 Å². The zero-order valence-electron chi connectivity index (χ0n) is 16.4. The van der Waals surface area contributed by atoms with Crippen LogP contribution in [-0.4, -0.2) is 37.4 Å². The number of halogens is 1. The summed E-state index contributed by atoms with van der Waals surface area (Å²) in [6.07, 6.45) is -0.284. The average Bonchev–Trinajstić information content (AvgIpc) is 2.73. The molecule has 1 aliphatic rings. The van der Waals surface area contributed by atoms with Gasteiger partial charge in [-0.1, -0.05) is 12.1 Å². The topological polar surface area (TPSA) is 81.0 Å². The molecule has 8 heteroatoms. The molecule has 156 valence electrons. The van der Waals surface area contributed by atoms with E-state index < -0.39 is 11.7 Å². The monoisotopic (exact) mass is 412 g/mol. The second-order valence-corrected chi connectivity index (χ2v) is 7.06. The highest BCUT2D eigenvalue weighted by atomic mass is 19.1. The van der Waals surface area contributed by atoms with Gasteiger partial charge in [0.15, 0.2) is 0 Å². The fourth-order valence-corrected chi connectivity index (χ4v) is 3.38. The minimum atomic E-state index is -0.622. The van der Waals surface area contributed by atoms with Crippen molar-refractivity contribution in [2.24, 2.45) is 0 Å². The zero-order valence-corrected chi connectivity index (χ0v) is 16.4. The summed E-state index contributed by atoms with van der Waals surface area (Å²) >= 11 is 0. The highest BCUT2D eigenvalue weighted by Crippen LogP contribution is 2.25. The van der Waals surface area contributed by atoms with Gasteiger partial charge in [0.1, 0.15) is 17.1 Å². The van der Waals surface area contributed by atoms with E-state index >= 15 is 0 Å². The molecule has 0 atom stereocenters. The lowest BCUT2D eigenvalue weighted by atomic mass is 9.99. The summed E-state index contributed by atoms with van der Waals surface area (Å²) in [6, 6.07) is 10.9. The molecule has 0 saturated carbocycles. The first-order valence-electron chi connectivity index (χ1n) is 9.61. The van der Waals surface area contributed by atoms with E-state index in [4.69, 9.17) is 13.9 Å². The Labute approximate surface area is 172 Å². The van der Waals surface area contributed by atoms with E-state index in [1.54, 1.807) is 29.3 Å². The predicted octanol–water partition coefficient (Wildman–Crippen LogP) is 3.17. The number of benzene rings is 2. The second kappa shape index (κ2) is 8.64. The zero-order chi connectivity index (χ0) is 21.1. The van der Waals surface area contributed by atoms with Gasteiger partial charge in [0.2, 0.25) is 0 Å². The van der Waals surface area contributed by atoms with Gasteiger partial charge in [-0.15, -0.1) is 0 Å². The molecule has 0 radical (unpaired) electrons. The summed E-state index contributed by atoms with van der Waals surface area (Å²) in [7, 11) is 0. The number of amides is 1. The number of carbonyl (C=O) groups is 1. The molecule has 0 aliphatic carbocycles. The number of morpholine rings is 1. The van der Waals surface area contributed by atoms with Crippen molar-refractivity contribution in [3.05, 3.63) is 75.4 Å². The third-order valence-corrected chi connectivity index (χ3v) is 5.02. The Kier molecular flexibility index (Phi) is 5.78. The Morgan fingerprint density at radius 2 is 1.90 bits per heavy atom. The van der Waals surface area contributed by atoms with Crippen LogP contribution < -0.4 is 15.8 Å². The molecule has 30 heavy (non-hydrogen) atoms. The molecule has 4 rings (SSSR count). The second-order valence-electron chi connectivity index (χ2n) is 7.06. The van der Waals surface area contributed by atoms with Crippen LogP contribution in [0.5, 0.6) is 5.75 Å². The van der Waals surface area contributed by atoms with Gasteiger partial charge >= 0.3 is 11.7 Å². The number of carbonyl (C=O) groups excluding carboxylic acids is 1. The van der Waals surface area contributed by atoms with Crippen molar-refractivity contribution in [1.29, 1.82) is 0 Å². The minimum absolute atomic E-state index is 0.266. The third-order valence-electron chi connectivity index (χ3n) is 5.02. The first-order valence-corrected chi connectivity index (χ1v) is 9.61. The highest BCUT2D eigenvalue weighted by molar-refractivity contribution is 5.83. The average molecular weight is 412 g/mol. The van der Waals surface area contributed by atoms with Gasteiger partial charge in [-0.3, -0.25) is 5.43 Å². The van der Waals surface area contributed by atoms with Crippen LogP contribution in [0.15, 0.2) is 51.7 Å². The van der Waals surface area contributed by atoms with Crippen LogP contribution in [0.1, 0.15) is 16.7 Å². The van der Waals surface area contributed by atoms with E-state index in [0.29, 0.717) is 43.9 Å². The number of hydrogen-bond donors (Lipinski definition) is 1. The van der Waals surface area contributed by atoms with Crippen LogP contribution in [0, 0.1) is 12.7 Å². The molecule has 1 saturated heterocycles. The molecular weight excluding hydrogens is 391 g/mol. The van der Waals surface area contributed by atoms with Gasteiger partial charge < -0.3 is 13.9 Å². The Morgan fingerprint density at radius 1 is 1.17 bits per heavy atom. The molecular formula is C22H21FN2O5. The number of ether oxygens (including phenoxy) is 2. The van der Waals surface area contributed by atoms with E-state index in [1.807, 2.05) is 6.92 Å². The smallest absolute Gasteiger partial charge is 0.422 e. The molecule has 1 aliphatic heterocycles. The van der Waals surface area contributed by atoms with E-state index in [-0.39, 0.29) is 11.6 Å². The summed E-state index contributed by atoms with van der Waals surface area (Å²) in [4.78, 5) is 24.6. The fourth-order valence-electron chi connectivity index (χ4n) is 3.38. The Bertz CT molecular complexity index is 1120. The molecule has 0 spiro atoms. The Morgan fingerprint density at radius 3 is 2.63 bits per heavy atom. The molecule has 0 bridgehead atoms. The molecule has 0 unspecified atom stereocenters. The lowest BCUT2D eigenvalue weighted by Gasteiger charge is -2.26. The van der Waals surface area contributed by atoms with Crippen LogP contribution >= 0.6 is 0 Å². The van der Waals surface area contributed by atoms with Crippen molar-refractivity contribution in [3.8, 4) is 5.75 Å². The van der Waals surface area contributed by atoms with E-state index in [1.165, 1.54) is 18.2 Å². The highest BCUT2D eigenvalue weighted by Gasteiger charge is 2.16. The Hall–Kier alpha value is -3.23. The standard InChI is InChI=1S/C22H21FN2O5/c1-14-18-7-6-17(29-22(27)24-25-8-10-28-11-9-25)13-20(18)30-21(26)19(14)12-15-2-4-16(23)5-3-15/h2-7,13H,8-12H2,1H3,(H,24,27). The van der Waals surface area contributed by atoms with Crippen LogP contribution in [-0.2, 0) is 11.2 Å². The molecule has 3 aromatic rings. The minimum Gasteiger partial charge on any atom is -0.422 e. The van der Waals surface area contributed by atoms with Gasteiger partial charge in [0, 0.05) is 36.5 Å². The maximum absolute atomic E-state index is 13.1. The van der Waals surface area contributed by atoms with Crippen molar-refractivity contribution in [1.82, 2.24) is 10.4 Å². The summed E-state index contributed by atoms with van der Waals surface area (Å²) < 4.78 is 29.1. The van der Waals surface area contributed by atoms with Gasteiger partial charge in [-0.25, -0.2) is 19.0 Å². The summed E-state index contributed by atoms with van der Waals surface area (Å²) in [5, 5.41) is 2.46. The number of nitrogens with zero attached hydrogens (tertiary/aromatic N) is 1. The maximum Gasteiger partial charge on any atom is 0.427 e. The van der Waals surface area contributed by atoms with Crippen LogP contribution in [0.4, 0.5) is 9.18 Å². The molecule has 7 nitrogen and oxygen atoms in total. The largest absolute Gasteiger partial charge is 0.427 e. The SMILES string of the molecule is Cc1c(Cc2ccc(F)cc2)c(=O)oc2cc(OC(=O)NN3CCOCC3)ccc12. The normalized spacial score (nSPS) is 14.6. The number of rotatable bonds is 4. The van der Waals surface area contributed by atoms with Gasteiger partial charge in [0.25, 0.3) is 0 Å². The quantitative estimate of drug-likeness (QED) is 0.663. The number of nitrogens with one attached hydrogen (secondary N) is 1. The third kappa shape index (κ3) is 4.50. The number of fused-ring (bicyclic) bond motifs is 1. The first kappa shape index (κ1) is 20.1. The number of hydrogen-bond acceptors (Lipinski definition) is 6. The molecule has 2 heterocycles. The van der Waals surface area contributed by atoms with Crippen molar-refractivity contribution in [3.63, 3.8) is 0 Å². The van der Waals surface area contributed by atoms with Crippen molar-refractivity contribution in [2.45, 2.75) is 13.3 Å². The van der Waals surface area contributed by atoms with Gasteiger partial charge in [0.05, 0.1) is 13.2 Å². The van der Waals surface area contributed by atoms with E-state index in [0.717, 1.165) is 16.5 Å². The van der Waals surface area contributed by atoms with Crippen molar-refractivity contribution < 1.29 is 23.1 Å². The number of hydrazine groups is 1. The lowest BCUT2D eigenvalue weighted by molar-refractivity contribution is 0.0153. The molecule has 1 amide bonds. The van der Waals surface area contributed by atoms with E-state index in [9.17, 15) is 14.0 Å².